The molecular weight excluding hydrogens is 240 g/mol. The maximum atomic E-state index is 5.60. The van der Waals surface area contributed by atoms with E-state index in [-0.39, 0.29) is 0 Å². The normalized spacial score (nSPS) is 10.1. The number of hydrogen-bond donors (Lipinski definition) is 1. The summed E-state index contributed by atoms with van der Waals surface area (Å²) in [6.07, 6.45) is 1.77. The van der Waals surface area contributed by atoms with Crippen LogP contribution in [-0.2, 0) is 0 Å². The predicted molar refractivity (Wildman–Crippen MR) is 61.8 cm³/mol. The number of aromatic nitrogens is 1. The lowest BCUT2D eigenvalue weighted by molar-refractivity contribution is 1.31. The molecule has 0 aliphatic heterocycles. The first-order chi connectivity index (χ1) is 6.75. The molecule has 0 atom stereocenters. The zero-order chi connectivity index (χ0) is 9.97. The van der Waals surface area contributed by atoms with Crippen molar-refractivity contribution < 1.29 is 0 Å². The average Bonchev–Trinajstić information content (AvgIpc) is 2.19. The number of anilines is 1. The van der Waals surface area contributed by atoms with Crippen LogP contribution >= 0.6 is 15.9 Å². The van der Waals surface area contributed by atoms with E-state index in [9.17, 15) is 0 Å². The molecule has 1 aromatic heterocycles. The fourth-order valence-corrected chi connectivity index (χ4v) is 1.55. The van der Waals surface area contributed by atoms with E-state index >= 15 is 0 Å². The van der Waals surface area contributed by atoms with E-state index in [1.807, 2.05) is 36.4 Å². The second-order valence-corrected chi connectivity index (χ2v) is 3.90. The van der Waals surface area contributed by atoms with Crippen LogP contribution in [0.4, 0.5) is 5.69 Å². The van der Waals surface area contributed by atoms with Crippen molar-refractivity contribution in [3.8, 4) is 11.3 Å². The lowest BCUT2D eigenvalue weighted by Crippen LogP contribution is -1.85. The number of pyridine rings is 1. The zero-order valence-corrected chi connectivity index (χ0v) is 9.03. The number of nitrogens with two attached hydrogens (primary N) is 1. The molecule has 0 unspecified atom stereocenters. The Kier molecular flexibility index (Phi) is 2.50. The molecule has 0 saturated carbocycles. The van der Waals surface area contributed by atoms with Gasteiger partial charge < -0.3 is 5.73 Å². The monoisotopic (exact) mass is 248 g/mol. The predicted octanol–water partition coefficient (Wildman–Crippen LogP) is 3.09. The van der Waals surface area contributed by atoms with E-state index in [0.29, 0.717) is 0 Å². The second kappa shape index (κ2) is 3.80. The summed E-state index contributed by atoms with van der Waals surface area (Å²) in [5.74, 6) is 0. The minimum absolute atomic E-state index is 0.767. The third-order valence-corrected chi connectivity index (χ3v) is 2.42. The highest BCUT2D eigenvalue weighted by Crippen LogP contribution is 2.21. The minimum Gasteiger partial charge on any atom is -0.399 e. The van der Waals surface area contributed by atoms with Crippen LogP contribution in [-0.4, -0.2) is 4.98 Å². The molecule has 0 spiro atoms. The third-order valence-electron chi connectivity index (χ3n) is 1.93. The number of benzene rings is 1. The number of rotatable bonds is 1. The number of halogens is 1. The van der Waals surface area contributed by atoms with Crippen LogP contribution in [0.3, 0.4) is 0 Å². The Morgan fingerprint density at radius 3 is 2.43 bits per heavy atom. The van der Waals surface area contributed by atoms with Crippen molar-refractivity contribution in [1.82, 2.24) is 4.98 Å². The molecule has 3 heteroatoms. The van der Waals surface area contributed by atoms with Crippen LogP contribution in [0.2, 0.25) is 0 Å². The largest absolute Gasteiger partial charge is 0.399 e. The summed E-state index contributed by atoms with van der Waals surface area (Å²) < 4.78 is 1.03. The highest BCUT2D eigenvalue weighted by Gasteiger charge is 1.98. The standard InChI is InChI=1S/C11H9BrN2/c12-9-5-6-14-11(7-9)8-1-3-10(13)4-2-8/h1-7H,13H2. The minimum atomic E-state index is 0.767. The maximum absolute atomic E-state index is 5.60. The van der Waals surface area contributed by atoms with Gasteiger partial charge in [-0.1, -0.05) is 28.1 Å². The molecule has 0 bridgehead atoms. The number of nitrogen functional groups attached to an aromatic ring is 1. The Labute approximate surface area is 90.9 Å². The van der Waals surface area contributed by atoms with Crippen LogP contribution in [0, 0.1) is 0 Å². The molecule has 14 heavy (non-hydrogen) atoms. The first-order valence-corrected chi connectivity index (χ1v) is 5.02. The lowest BCUT2D eigenvalue weighted by atomic mass is 10.1. The molecule has 2 aromatic rings. The first-order valence-electron chi connectivity index (χ1n) is 4.23. The van der Waals surface area contributed by atoms with Gasteiger partial charge in [0.2, 0.25) is 0 Å². The second-order valence-electron chi connectivity index (χ2n) is 2.98. The van der Waals surface area contributed by atoms with E-state index < -0.39 is 0 Å². The topological polar surface area (TPSA) is 38.9 Å². The van der Waals surface area contributed by atoms with Gasteiger partial charge in [-0.15, -0.1) is 0 Å². The van der Waals surface area contributed by atoms with Crippen LogP contribution in [0.25, 0.3) is 11.3 Å². The third kappa shape index (κ3) is 1.93. The van der Waals surface area contributed by atoms with Crippen LogP contribution in [0.1, 0.15) is 0 Å². The molecule has 0 aliphatic carbocycles. The van der Waals surface area contributed by atoms with Crippen LogP contribution in [0.5, 0.6) is 0 Å². The fraction of sp³-hybridized carbons (Fsp3) is 0. The average molecular weight is 249 g/mol. The zero-order valence-electron chi connectivity index (χ0n) is 7.44. The molecule has 2 N–H and O–H groups in total. The molecule has 70 valence electrons. The van der Waals surface area contributed by atoms with E-state index in [2.05, 4.69) is 20.9 Å². The van der Waals surface area contributed by atoms with Gasteiger partial charge in [0.25, 0.3) is 0 Å². The maximum Gasteiger partial charge on any atom is 0.0713 e. The first kappa shape index (κ1) is 9.21. The Balaban J connectivity index is 2.44. The fourth-order valence-electron chi connectivity index (χ4n) is 1.22. The molecule has 0 radical (unpaired) electrons. The summed E-state index contributed by atoms with van der Waals surface area (Å²) in [6, 6.07) is 11.6. The molecule has 0 aliphatic rings. The summed E-state index contributed by atoms with van der Waals surface area (Å²) in [5, 5.41) is 0. The molecule has 1 heterocycles. The van der Waals surface area contributed by atoms with Gasteiger partial charge in [0.05, 0.1) is 5.69 Å². The van der Waals surface area contributed by atoms with Crippen LogP contribution < -0.4 is 5.73 Å². The summed E-state index contributed by atoms with van der Waals surface area (Å²) in [6.45, 7) is 0. The quantitative estimate of drug-likeness (QED) is 0.788. The van der Waals surface area contributed by atoms with Crippen molar-refractivity contribution in [2.75, 3.05) is 5.73 Å². The van der Waals surface area contributed by atoms with Crippen molar-refractivity contribution in [3.63, 3.8) is 0 Å². The number of hydrogen-bond acceptors (Lipinski definition) is 2. The molecular formula is C11H9BrN2. The molecule has 1 aromatic carbocycles. The summed E-state index contributed by atoms with van der Waals surface area (Å²) >= 11 is 3.41. The van der Waals surface area contributed by atoms with Crippen LogP contribution in [0.15, 0.2) is 47.1 Å². The van der Waals surface area contributed by atoms with Gasteiger partial charge >= 0.3 is 0 Å². The molecule has 0 amide bonds. The Hall–Kier alpha value is -1.35. The number of nitrogens with zero attached hydrogens (tertiary/aromatic N) is 1. The molecule has 2 rings (SSSR count). The van der Waals surface area contributed by atoms with Gasteiger partial charge in [-0.05, 0) is 24.3 Å². The Morgan fingerprint density at radius 1 is 1.07 bits per heavy atom. The van der Waals surface area contributed by atoms with Crippen molar-refractivity contribution in [2.24, 2.45) is 0 Å². The smallest absolute Gasteiger partial charge is 0.0713 e. The Bertz CT molecular complexity index is 437. The Morgan fingerprint density at radius 2 is 1.79 bits per heavy atom. The summed E-state index contributed by atoms with van der Waals surface area (Å²) in [7, 11) is 0. The van der Waals surface area contributed by atoms with Gasteiger partial charge in [-0.25, -0.2) is 0 Å². The SMILES string of the molecule is Nc1ccc(-c2cc(Br)ccn2)cc1. The molecule has 0 fully saturated rings. The molecule has 2 nitrogen and oxygen atoms in total. The highest BCUT2D eigenvalue weighted by molar-refractivity contribution is 9.10. The van der Waals surface area contributed by atoms with Gasteiger partial charge in [0, 0.05) is 21.9 Å². The van der Waals surface area contributed by atoms with E-state index in [0.717, 1.165) is 21.4 Å². The van der Waals surface area contributed by atoms with Crippen molar-refractivity contribution in [3.05, 3.63) is 47.1 Å². The van der Waals surface area contributed by atoms with Gasteiger partial charge in [0.15, 0.2) is 0 Å². The van der Waals surface area contributed by atoms with Gasteiger partial charge in [-0.2, -0.15) is 0 Å². The van der Waals surface area contributed by atoms with Crippen molar-refractivity contribution >= 4 is 21.6 Å². The molecule has 0 saturated heterocycles. The summed E-state index contributed by atoms with van der Waals surface area (Å²) in [5.41, 5.74) is 8.39. The highest BCUT2D eigenvalue weighted by atomic mass is 79.9. The van der Waals surface area contributed by atoms with Gasteiger partial charge in [-0.3, -0.25) is 4.98 Å². The van der Waals surface area contributed by atoms with Crippen molar-refractivity contribution in [1.29, 1.82) is 0 Å². The van der Waals surface area contributed by atoms with E-state index in [1.54, 1.807) is 6.20 Å². The van der Waals surface area contributed by atoms with E-state index in [1.165, 1.54) is 0 Å². The van der Waals surface area contributed by atoms with E-state index in [4.69, 9.17) is 5.73 Å². The van der Waals surface area contributed by atoms with Gasteiger partial charge in [0.1, 0.15) is 0 Å². The lowest BCUT2D eigenvalue weighted by Gasteiger charge is -2.01. The summed E-state index contributed by atoms with van der Waals surface area (Å²) in [4.78, 5) is 4.27. The van der Waals surface area contributed by atoms with Crippen molar-refractivity contribution in [2.45, 2.75) is 0 Å².